The number of hydrogen-bond acceptors (Lipinski definition) is 4. The molecule has 2 aliphatic heterocycles. The van der Waals surface area contributed by atoms with E-state index in [1.807, 2.05) is 4.90 Å². The minimum absolute atomic E-state index is 0.154. The van der Waals surface area contributed by atoms with Crippen molar-refractivity contribution in [1.29, 1.82) is 0 Å². The summed E-state index contributed by atoms with van der Waals surface area (Å²) in [6, 6.07) is 4.22. The lowest BCUT2D eigenvalue weighted by Crippen LogP contribution is -2.55. The molecule has 0 saturated carbocycles. The van der Waals surface area contributed by atoms with Crippen LogP contribution in [0.1, 0.15) is 5.56 Å². The number of ether oxygens (including phenoxy) is 1. The van der Waals surface area contributed by atoms with Crippen molar-refractivity contribution in [3.05, 3.63) is 35.4 Å². The Labute approximate surface area is 170 Å². The number of aliphatic imine (C=N–C) groups is 1. The third kappa shape index (κ3) is 5.86. The van der Waals surface area contributed by atoms with E-state index in [1.54, 1.807) is 13.1 Å². The van der Waals surface area contributed by atoms with Gasteiger partial charge in [0, 0.05) is 52.9 Å². The topological polar surface area (TPSA) is 60.4 Å². The SMILES string of the molecule is CN=C(NCCc1cccc(F)c1F)N1CCN(CC(=O)N2CCOCC2)CC1. The van der Waals surface area contributed by atoms with Crippen molar-refractivity contribution in [2.75, 3.05) is 72.6 Å². The van der Waals surface area contributed by atoms with Gasteiger partial charge in [-0.1, -0.05) is 12.1 Å². The summed E-state index contributed by atoms with van der Waals surface area (Å²) < 4.78 is 32.4. The van der Waals surface area contributed by atoms with Gasteiger partial charge in [-0.15, -0.1) is 0 Å². The molecule has 0 spiro atoms. The second-order valence-corrected chi connectivity index (χ2v) is 7.19. The number of carbonyl (C=O) groups is 1. The minimum Gasteiger partial charge on any atom is -0.378 e. The Morgan fingerprint density at radius 1 is 1.10 bits per heavy atom. The lowest BCUT2D eigenvalue weighted by molar-refractivity contribution is -0.136. The summed E-state index contributed by atoms with van der Waals surface area (Å²) in [5, 5.41) is 3.22. The van der Waals surface area contributed by atoms with E-state index < -0.39 is 11.6 Å². The first kappa shape index (κ1) is 21.4. The van der Waals surface area contributed by atoms with Crippen LogP contribution in [0.5, 0.6) is 0 Å². The third-order valence-electron chi connectivity index (χ3n) is 5.32. The molecule has 7 nitrogen and oxygen atoms in total. The van der Waals surface area contributed by atoms with Gasteiger partial charge in [0.25, 0.3) is 0 Å². The van der Waals surface area contributed by atoms with Crippen LogP contribution in [0.2, 0.25) is 0 Å². The van der Waals surface area contributed by atoms with Gasteiger partial charge in [0.05, 0.1) is 19.8 Å². The quantitative estimate of drug-likeness (QED) is 0.569. The highest BCUT2D eigenvalue weighted by atomic mass is 19.2. The van der Waals surface area contributed by atoms with Crippen LogP contribution in [0.4, 0.5) is 8.78 Å². The second-order valence-electron chi connectivity index (χ2n) is 7.19. The monoisotopic (exact) mass is 409 g/mol. The molecule has 0 aromatic heterocycles. The van der Waals surface area contributed by atoms with Crippen molar-refractivity contribution in [1.82, 2.24) is 20.0 Å². The third-order valence-corrected chi connectivity index (χ3v) is 5.32. The maximum Gasteiger partial charge on any atom is 0.236 e. The molecule has 1 N–H and O–H groups in total. The van der Waals surface area contributed by atoms with Crippen LogP contribution in [-0.4, -0.2) is 99.2 Å². The average molecular weight is 409 g/mol. The molecule has 29 heavy (non-hydrogen) atoms. The first-order chi connectivity index (χ1) is 14.1. The fraction of sp³-hybridized carbons (Fsp3) is 0.600. The normalized spacial score (nSPS) is 18.8. The molecule has 1 amide bonds. The van der Waals surface area contributed by atoms with Gasteiger partial charge in [-0.2, -0.15) is 0 Å². The number of rotatable bonds is 5. The molecule has 9 heteroatoms. The van der Waals surface area contributed by atoms with Crippen molar-refractivity contribution in [3.63, 3.8) is 0 Å². The molecule has 2 aliphatic rings. The Morgan fingerprint density at radius 2 is 1.83 bits per heavy atom. The highest BCUT2D eigenvalue weighted by Crippen LogP contribution is 2.11. The first-order valence-electron chi connectivity index (χ1n) is 10.0. The van der Waals surface area contributed by atoms with Gasteiger partial charge in [-0.05, 0) is 18.1 Å². The number of hydrogen-bond donors (Lipinski definition) is 1. The Kier molecular flexibility index (Phi) is 7.76. The molecule has 1 aromatic carbocycles. The van der Waals surface area contributed by atoms with E-state index in [1.165, 1.54) is 6.07 Å². The number of carbonyl (C=O) groups excluding carboxylic acids is 1. The summed E-state index contributed by atoms with van der Waals surface area (Å²) in [6.45, 7) is 6.51. The summed E-state index contributed by atoms with van der Waals surface area (Å²) in [7, 11) is 1.71. The maximum absolute atomic E-state index is 13.8. The molecule has 0 unspecified atom stereocenters. The van der Waals surface area contributed by atoms with E-state index in [0.717, 1.165) is 38.2 Å². The number of amides is 1. The van der Waals surface area contributed by atoms with Crippen LogP contribution < -0.4 is 5.32 Å². The Morgan fingerprint density at radius 3 is 2.52 bits per heavy atom. The minimum atomic E-state index is -0.824. The standard InChI is InChI=1S/C20H29F2N5O2/c1-23-20(24-6-5-16-3-2-4-17(21)19(16)22)27-9-7-25(8-10-27)15-18(28)26-11-13-29-14-12-26/h2-4H,5-15H2,1H3,(H,23,24). The number of morpholine rings is 1. The highest BCUT2D eigenvalue weighted by Gasteiger charge is 2.24. The van der Waals surface area contributed by atoms with Crippen molar-refractivity contribution >= 4 is 11.9 Å². The summed E-state index contributed by atoms with van der Waals surface area (Å²) in [4.78, 5) is 22.8. The maximum atomic E-state index is 13.8. The molecule has 0 radical (unpaired) electrons. The number of guanidine groups is 1. The molecule has 2 heterocycles. The van der Waals surface area contributed by atoms with Crippen LogP contribution >= 0.6 is 0 Å². The number of nitrogens with zero attached hydrogens (tertiary/aromatic N) is 4. The fourth-order valence-electron chi connectivity index (χ4n) is 3.60. The second kappa shape index (κ2) is 10.5. The Hall–Kier alpha value is -2.26. The first-order valence-corrected chi connectivity index (χ1v) is 10.0. The molecule has 2 fully saturated rings. The van der Waals surface area contributed by atoms with Crippen LogP contribution in [0, 0.1) is 11.6 Å². The van der Waals surface area contributed by atoms with Crippen LogP contribution in [-0.2, 0) is 16.0 Å². The summed E-state index contributed by atoms with van der Waals surface area (Å²) in [5.41, 5.74) is 0.347. The molecule has 2 saturated heterocycles. The molecular weight excluding hydrogens is 380 g/mol. The fourth-order valence-corrected chi connectivity index (χ4v) is 3.60. The molecule has 3 rings (SSSR count). The Bertz CT molecular complexity index is 717. The van der Waals surface area contributed by atoms with Gasteiger partial charge in [0.2, 0.25) is 5.91 Å². The summed E-state index contributed by atoms with van der Waals surface area (Å²) in [5.74, 6) is -0.722. The van der Waals surface area contributed by atoms with E-state index in [-0.39, 0.29) is 5.91 Å². The zero-order valence-corrected chi connectivity index (χ0v) is 16.9. The molecule has 1 aromatic rings. The van der Waals surface area contributed by atoms with Crippen LogP contribution in [0.15, 0.2) is 23.2 Å². The largest absolute Gasteiger partial charge is 0.378 e. The van der Waals surface area contributed by atoms with Crippen molar-refractivity contribution < 1.29 is 18.3 Å². The van der Waals surface area contributed by atoms with Crippen molar-refractivity contribution in [3.8, 4) is 0 Å². The Balaban J connectivity index is 1.41. The molecule has 0 bridgehead atoms. The van der Waals surface area contributed by atoms with Gasteiger partial charge in [-0.3, -0.25) is 14.7 Å². The summed E-state index contributed by atoms with van der Waals surface area (Å²) in [6.07, 6.45) is 0.372. The van der Waals surface area contributed by atoms with Gasteiger partial charge in [0.1, 0.15) is 0 Å². The van der Waals surface area contributed by atoms with Crippen LogP contribution in [0.25, 0.3) is 0 Å². The zero-order valence-electron chi connectivity index (χ0n) is 16.9. The van der Waals surface area contributed by atoms with E-state index >= 15 is 0 Å². The molecule has 0 atom stereocenters. The molecular formula is C20H29F2N5O2. The average Bonchev–Trinajstić information content (AvgIpc) is 2.75. The van der Waals surface area contributed by atoms with E-state index in [9.17, 15) is 13.6 Å². The number of nitrogens with one attached hydrogen (secondary N) is 1. The lowest BCUT2D eigenvalue weighted by Gasteiger charge is -2.37. The predicted molar refractivity (Wildman–Crippen MR) is 107 cm³/mol. The van der Waals surface area contributed by atoms with Gasteiger partial charge in [0.15, 0.2) is 17.6 Å². The number of benzene rings is 1. The van der Waals surface area contributed by atoms with E-state index in [0.29, 0.717) is 51.4 Å². The van der Waals surface area contributed by atoms with Crippen molar-refractivity contribution in [2.24, 2.45) is 4.99 Å². The predicted octanol–water partition coefficient (Wildman–Crippen LogP) is 0.559. The highest BCUT2D eigenvalue weighted by molar-refractivity contribution is 5.80. The van der Waals surface area contributed by atoms with Gasteiger partial charge >= 0.3 is 0 Å². The number of piperazine rings is 1. The smallest absolute Gasteiger partial charge is 0.236 e. The van der Waals surface area contributed by atoms with Crippen molar-refractivity contribution in [2.45, 2.75) is 6.42 Å². The lowest BCUT2D eigenvalue weighted by atomic mass is 10.1. The molecule has 160 valence electrons. The van der Waals surface area contributed by atoms with Gasteiger partial charge in [-0.25, -0.2) is 8.78 Å². The molecule has 0 aliphatic carbocycles. The zero-order chi connectivity index (χ0) is 20.6. The van der Waals surface area contributed by atoms with E-state index in [4.69, 9.17) is 4.74 Å². The summed E-state index contributed by atoms with van der Waals surface area (Å²) >= 11 is 0. The van der Waals surface area contributed by atoms with Gasteiger partial charge < -0.3 is 19.9 Å². The van der Waals surface area contributed by atoms with E-state index in [2.05, 4.69) is 20.1 Å². The number of halogens is 2. The van der Waals surface area contributed by atoms with Crippen LogP contribution in [0.3, 0.4) is 0 Å².